The highest BCUT2D eigenvalue weighted by molar-refractivity contribution is 9.10. The molecule has 0 saturated carbocycles. The standard InChI is InChI=1S/C29H18BrNS/c30-20-14-12-19(13-15-20)21-16-17-25(23-7-2-1-6-22(21)23)24-8-5-11-28-26(24)18-31-27-9-3-4-10-29(27)32-28/h1-18H. The van der Waals surface area contributed by atoms with Crippen molar-refractivity contribution in [3.8, 4) is 22.3 Å². The molecule has 0 spiro atoms. The third-order valence-corrected chi connectivity index (χ3v) is 7.52. The highest BCUT2D eigenvalue weighted by Crippen LogP contribution is 2.43. The summed E-state index contributed by atoms with van der Waals surface area (Å²) in [5.74, 6) is 0. The van der Waals surface area contributed by atoms with E-state index in [0.717, 1.165) is 10.2 Å². The molecule has 5 aromatic rings. The van der Waals surface area contributed by atoms with Crippen LogP contribution in [0.3, 0.4) is 0 Å². The molecule has 0 aromatic heterocycles. The van der Waals surface area contributed by atoms with Crippen LogP contribution < -0.4 is 0 Å². The summed E-state index contributed by atoms with van der Waals surface area (Å²) in [5, 5.41) is 2.51. The van der Waals surface area contributed by atoms with Crippen LogP contribution in [-0.2, 0) is 0 Å². The van der Waals surface area contributed by atoms with Crippen molar-refractivity contribution >= 4 is 50.4 Å². The van der Waals surface area contributed by atoms with Crippen LogP contribution in [0.25, 0.3) is 33.0 Å². The Morgan fingerprint density at radius 2 is 1.25 bits per heavy atom. The molecule has 0 unspecified atom stereocenters. The summed E-state index contributed by atoms with van der Waals surface area (Å²) in [4.78, 5) is 7.24. The van der Waals surface area contributed by atoms with Gasteiger partial charge in [-0.2, -0.15) is 0 Å². The smallest absolute Gasteiger partial charge is 0.0769 e. The first-order valence-corrected chi connectivity index (χ1v) is 12.1. The maximum atomic E-state index is 4.82. The van der Waals surface area contributed by atoms with Crippen LogP contribution >= 0.6 is 27.7 Å². The van der Waals surface area contributed by atoms with Gasteiger partial charge in [0.1, 0.15) is 0 Å². The minimum absolute atomic E-state index is 1.02. The second-order valence-corrected chi connectivity index (χ2v) is 9.76. The molecule has 0 aliphatic carbocycles. The van der Waals surface area contributed by atoms with Crippen LogP contribution in [-0.4, -0.2) is 6.21 Å². The second kappa shape index (κ2) is 8.09. The molecule has 0 bridgehead atoms. The second-order valence-electron chi connectivity index (χ2n) is 7.76. The number of rotatable bonds is 2. The Kier molecular flexibility index (Phi) is 4.94. The predicted molar refractivity (Wildman–Crippen MR) is 140 cm³/mol. The summed E-state index contributed by atoms with van der Waals surface area (Å²) >= 11 is 5.34. The van der Waals surface area contributed by atoms with Crippen molar-refractivity contribution in [2.75, 3.05) is 0 Å². The van der Waals surface area contributed by atoms with Crippen LogP contribution in [0.2, 0.25) is 0 Å². The number of aliphatic imine (C=N–C) groups is 1. The number of fused-ring (bicyclic) bond motifs is 3. The topological polar surface area (TPSA) is 12.4 Å². The van der Waals surface area contributed by atoms with E-state index < -0.39 is 0 Å². The summed E-state index contributed by atoms with van der Waals surface area (Å²) in [5.41, 5.74) is 7.11. The Morgan fingerprint density at radius 1 is 0.562 bits per heavy atom. The molecule has 0 N–H and O–H groups in total. The average Bonchev–Trinajstić information content (AvgIpc) is 3.03. The Morgan fingerprint density at radius 3 is 2.09 bits per heavy atom. The van der Waals surface area contributed by atoms with Crippen LogP contribution in [0.5, 0.6) is 0 Å². The van der Waals surface area contributed by atoms with Crippen LogP contribution in [0.1, 0.15) is 5.56 Å². The fourth-order valence-electron chi connectivity index (χ4n) is 4.32. The van der Waals surface area contributed by atoms with Gasteiger partial charge in [-0.3, -0.25) is 4.99 Å². The summed E-state index contributed by atoms with van der Waals surface area (Å²) in [6.45, 7) is 0. The van der Waals surface area contributed by atoms with Gasteiger partial charge in [0.25, 0.3) is 0 Å². The highest BCUT2D eigenvalue weighted by Gasteiger charge is 2.17. The van der Waals surface area contributed by atoms with E-state index in [1.54, 1.807) is 11.8 Å². The van der Waals surface area contributed by atoms with Gasteiger partial charge in [0, 0.05) is 26.0 Å². The fraction of sp³-hybridized carbons (Fsp3) is 0. The van der Waals surface area contributed by atoms with Crippen LogP contribution in [0.15, 0.2) is 122 Å². The first-order valence-electron chi connectivity index (χ1n) is 10.5. The zero-order chi connectivity index (χ0) is 21.5. The maximum absolute atomic E-state index is 4.82. The molecule has 0 radical (unpaired) electrons. The third-order valence-electron chi connectivity index (χ3n) is 5.85. The summed E-state index contributed by atoms with van der Waals surface area (Å²) < 4.78 is 1.09. The van der Waals surface area contributed by atoms with Crippen molar-refractivity contribution < 1.29 is 0 Å². The molecule has 1 aliphatic heterocycles. The molecule has 152 valence electrons. The van der Waals surface area contributed by atoms with E-state index in [1.807, 2.05) is 12.3 Å². The van der Waals surface area contributed by atoms with Crippen molar-refractivity contribution in [3.63, 3.8) is 0 Å². The fourth-order valence-corrected chi connectivity index (χ4v) is 5.61. The van der Waals surface area contributed by atoms with Gasteiger partial charge in [0.15, 0.2) is 0 Å². The zero-order valence-electron chi connectivity index (χ0n) is 17.1. The van der Waals surface area contributed by atoms with Gasteiger partial charge in [0.05, 0.1) is 5.69 Å². The minimum Gasteiger partial charge on any atom is -0.255 e. The number of halogens is 1. The molecule has 1 aliphatic rings. The Hall–Kier alpha value is -3.14. The largest absolute Gasteiger partial charge is 0.255 e. The normalized spacial score (nSPS) is 12.3. The quantitative estimate of drug-likeness (QED) is 0.235. The van der Waals surface area contributed by atoms with Crippen molar-refractivity contribution in [1.82, 2.24) is 0 Å². The average molecular weight is 492 g/mol. The van der Waals surface area contributed by atoms with E-state index in [4.69, 9.17) is 4.99 Å². The van der Waals surface area contributed by atoms with E-state index in [0.29, 0.717) is 0 Å². The highest BCUT2D eigenvalue weighted by atomic mass is 79.9. The molecule has 5 aromatic carbocycles. The van der Waals surface area contributed by atoms with E-state index in [-0.39, 0.29) is 0 Å². The van der Waals surface area contributed by atoms with Crippen molar-refractivity contribution in [2.24, 2.45) is 4.99 Å². The van der Waals surface area contributed by atoms with Crippen molar-refractivity contribution in [1.29, 1.82) is 0 Å². The molecule has 1 heterocycles. The molecule has 1 nitrogen and oxygen atoms in total. The van der Waals surface area contributed by atoms with Gasteiger partial charge in [-0.1, -0.05) is 100 Å². The van der Waals surface area contributed by atoms with E-state index in [9.17, 15) is 0 Å². The van der Waals surface area contributed by atoms with E-state index >= 15 is 0 Å². The lowest BCUT2D eigenvalue weighted by atomic mass is 9.90. The number of para-hydroxylation sites is 1. The van der Waals surface area contributed by atoms with Gasteiger partial charge in [0.2, 0.25) is 0 Å². The Bertz CT molecular complexity index is 1500. The Labute approximate surface area is 200 Å². The Balaban J connectivity index is 1.56. The molecule has 6 rings (SSSR count). The number of hydrogen-bond donors (Lipinski definition) is 0. The third kappa shape index (κ3) is 3.38. The molecule has 3 heteroatoms. The first kappa shape index (κ1) is 19.5. The molecule has 0 atom stereocenters. The van der Waals surface area contributed by atoms with Crippen LogP contribution in [0.4, 0.5) is 5.69 Å². The first-order chi connectivity index (χ1) is 15.8. The van der Waals surface area contributed by atoms with Gasteiger partial charge in [-0.05, 0) is 63.4 Å². The molecule has 32 heavy (non-hydrogen) atoms. The zero-order valence-corrected chi connectivity index (χ0v) is 19.5. The lowest BCUT2D eigenvalue weighted by molar-refractivity contribution is 1.39. The SMILES string of the molecule is Brc1ccc(-c2ccc(-c3cccc4c3C=Nc3ccccc3S4)c3ccccc23)cc1. The van der Waals surface area contributed by atoms with Crippen molar-refractivity contribution in [3.05, 3.63) is 113 Å². The van der Waals surface area contributed by atoms with Crippen LogP contribution in [0, 0.1) is 0 Å². The molecule has 0 amide bonds. The molecule has 0 saturated heterocycles. The van der Waals surface area contributed by atoms with Gasteiger partial charge in [-0.25, -0.2) is 0 Å². The van der Waals surface area contributed by atoms with Gasteiger partial charge >= 0.3 is 0 Å². The van der Waals surface area contributed by atoms with E-state index in [2.05, 4.69) is 113 Å². The van der Waals surface area contributed by atoms with E-state index in [1.165, 1.54) is 48.4 Å². The lowest BCUT2D eigenvalue weighted by Crippen LogP contribution is -1.93. The molecule has 0 fully saturated rings. The minimum atomic E-state index is 1.02. The van der Waals surface area contributed by atoms with Gasteiger partial charge < -0.3 is 0 Å². The number of benzene rings is 5. The molecular formula is C29H18BrNS. The summed E-state index contributed by atoms with van der Waals surface area (Å²) in [6, 6.07) is 36.6. The predicted octanol–water partition coefficient (Wildman–Crippen LogP) is 9.15. The summed E-state index contributed by atoms with van der Waals surface area (Å²) in [6.07, 6.45) is 2.03. The van der Waals surface area contributed by atoms with Gasteiger partial charge in [-0.15, -0.1) is 0 Å². The molecular weight excluding hydrogens is 474 g/mol. The van der Waals surface area contributed by atoms with Crippen molar-refractivity contribution in [2.45, 2.75) is 9.79 Å². The summed E-state index contributed by atoms with van der Waals surface area (Å²) in [7, 11) is 0. The monoisotopic (exact) mass is 491 g/mol. The lowest BCUT2D eigenvalue weighted by Gasteiger charge is -2.15. The number of hydrogen-bond acceptors (Lipinski definition) is 2. The maximum Gasteiger partial charge on any atom is 0.0769 e. The number of nitrogens with zero attached hydrogens (tertiary/aromatic N) is 1.